The Labute approximate surface area is 162 Å². The highest BCUT2D eigenvalue weighted by molar-refractivity contribution is 6.02. The van der Waals surface area contributed by atoms with Crippen LogP contribution in [-0.2, 0) is 22.4 Å². The fourth-order valence-corrected chi connectivity index (χ4v) is 3.21. The van der Waals surface area contributed by atoms with Crippen molar-refractivity contribution in [2.24, 2.45) is 0 Å². The Bertz CT molecular complexity index is 772. The first-order valence-corrected chi connectivity index (χ1v) is 9.66. The van der Waals surface area contributed by atoms with Crippen molar-refractivity contribution in [2.45, 2.75) is 53.4 Å². The van der Waals surface area contributed by atoms with Crippen LogP contribution in [0.15, 0.2) is 42.5 Å². The molecule has 4 heteroatoms. The Hall–Kier alpha value is -2.62. The summed E-state index contributed by atoms with van der Waals surface area (Å²) in [4.78, 5) is 26.5. The molecule has 0 bridgehead atoms. The number of aryl methyl sites for hydroxylation is 2. The molecule has 4 nitrogen and oxygen atoms in total. The average Bonchev–Trinajstić information content (AvgIpc) is 2.65. The summed E-state index contributed by atoms with van der Waals surface area (Å²) in [6, 6.07) is 13.9. The Morgan fingerprint density at radius 1 is 0.963 bits per heavy atom. The van der Waals surface area contributed by atoms with Gasteiger partial charge in [0.25, 0.3) is 0 Å². The topological polar surface area (TPSA) is 49.4 Å². The molecule has 0 radical (unpaired) electrons. The lowest BCUT2D eigenvalue weighted by Gasteiger charge is -2.26. The summed E-state index contributed by atoms with van der Waals surface area (Å²) >= 11 is 0. The van der Waals surface area contributed by atoms with Crippen LogP contribution in [0.4, 0.5) is 11.4 Å². The summed E-state index contributed by atoms with van der Waals surface area (Å²) in [5.74, 6) is 0.118. The van der Waals surface area contributed by atoms with Gasteiger partial charge in [-0.05, 0) is 47.6 Å². The predicted molar refractivity (Wildman–Crippen MR) is 112 cm³/mol. The number of nitrogens with one attached hydrogen (secondary N) is 1. The molecule has 0 saturated heterocycles. The molecule has 0 aliphatic rings. The molecule has 2 rings (SSSR count). The number of nitrogens with zero attached hydrogens (tertiary/aromatic N) is 1. The Morgan fingerprint density at radius 3 is 1.96 bits per heavy atom. The maximum Gasteiger partial charge on any atom is 0.244 e. The molecule has 0 unspecified atom stereocenters. The van der Waals surface area contributed by atoms with Gasteiger partial charge >= 0.3 is 0 Å². The van der Waals surface area contributed by atoms with E-state index >= 15 is 0 Å². The van der Waals surface area contributed by atoms with Crippen molar-refractivity contribution in [3.05, 3.63) is 59.2 Å². The number of anilines is 2. The van der Waals surface area contributed by atoms with Gasteiger partial charge in [0.1, 0.15) is 6.54 Å². The summed E-state index contributed by atoms with van der Waals surface area (Å²) < 4.78 is 0. The average molecular weight is 367 g/mol. The number of amides is 2. The lowest BCUT2D eigenvalue weighted by Crippen LogP contribution is -2.37. The van der Waals surface area contributed by atoms with Gasteiger partial charge in [-0.25, -0.2) is 0 Å². The van der Waals surface area contributed by atoms with Crippen LogP contribution in [0, 0.1) is 0 Å². The summed E-state index contributed by atoms with van der Waals surface area (Å²) in [6.07, 6.45) is 1.62. The molecule has 0 aliphatic heterocycles. The third-order valence-corrected chi connectivity index (χ3v) is 4.78. The van der Waals surface area contributed by atoms with E-state index in [4.69, 9.17) is 0 Å². The molecule has 0 saturated carbocycles. The fraction of sp³-hybridized carbons (Fsp3) is 0.391. The molecular formula is C23H30N2O2. The first kappa shape index (κ1) is 20.7. The van der Waals surface area contributed by atoms with Gasteiger partial charge in [-0.2, -0.15) is 0 Å². The van der Waals surface area contributed by atoms with Crippen molar-refractivity contribution >= 4 is 23.2 Å². The van der Waals surface area contributed by atoms with Crippen LogP contribution in [-0.4, -0.2) is 18.4 Å². The van der Waals surface area contributed by atoms with Crippen LogP contribution < -0.4 is 10.2 Å². The molecule has 2 amide bonds. The van der Waals surface area contributed by atoms with Crippen molar-refractivity contribution in [3.8, 4) is 0 Å². The highest BCUT2D eigenvalue weighted by Gasteiger charge is 2.21. The zero-order valence-electron chi connectivity index (χ0n) is 17.0. The van der Waals surface area contributed by atoms with E-state index in [1.54, 1.807) is 4.90 Å². The van der Waals surface area contributed by atoms with E-state index in [2.05, 4.69) is 33.0 Å². The third kappa shape index (κ3) is 5.19. The summed E-state index contributed by atoms with van der Waals surface area (Å²) in [6.45, 7) is 9.91. The van der Waals surface area contributed by atoms with E-state index in [1.165, 1.54) is 12.5 Å². The molecule has 0 aromatic heterocycles. The maximum absolute atomic E-state index is 12.6. The largest absolute Gasteiger partial charge is 0.325 e. The predicted octanol–water partition coefficient (Wildman–Crippen LogP) is 4.93. The van der Waals surface area contributed by atoms with Crippen LogP contribution in [0.3, 0.4) is 0 Å². The summed E-state index contributed by atoms with van der Waals surface area (Å²) in [5, 5.41) is 2.91. The van der Waals surface area contributed by atoms with Gasteiger partial charge in [0.15, 0.2) is 0 Å². The number of hydrogen-bond donors (Lipinski definition) is 1. The van der Waals surface area contributed by atoms with Crippen LogP contribution in [0.2, 0.25) is 0 Å². The lowest BCUT2D eigenvalue weighted by atomic mass is 10.0. The van der Waals surface area contributed by atoms with Crippen LogP contribution >= 0.6 is 0 Å². The minimum absolute atomic E-state index is 0.00524. The van der Waals surface area contributed by atoms with Crippen molar-refractivity contribution < 1.29 is 9.59 Å². The van der Waals surface area contributed by atoms with Crippen LogP contribution in [0.25, 0.3) is 0 Å². The number of carbonyl (C=O) groups excluding carboxylic acids is 2. The SMILES string of the molecule is CCc1cccc(CC)c1N(CC(=O)Nc1ccc(C(C)C)cc1)C(C)=O. The number of benzene rings is 2. The van der Waals surface area contributed by atoms with Crippen LogP contribution in [0.5, 0.6) is 0 Å². The quantitative estimate of drug-likeness (QED) is 0.755. The van der Waals surface area contributed by atoms with E-state index in [9.17, 15) is 9.59 Å². The highest BCUT2D eigenvalue weighted by atomic mass is 16.2. The summed E-state index contributed by atoms with van der Waals surface area (Å²) in [7, 11) is 0. The van der Waals surface area contributed by atoms with Gasteiger partial charge in [0.2, 0.25) is 11.8 Å². The van der Waals surface area contributed by atoms with E-state index in [0.29, 0.717) is 5.92 Å². The smallest absolute Gasteiger partial charge is 0.244 e. The molecule has 0 spiro atoms. The molecule has 2 aromatic rings. The number of rotatable bonds is 7. The van der Waals surface area contributed by atoms with Gasteiger partial charge in [0.05, 0.1) is 5.69 Å². The molecule has 27 heavy (non-hydrogen) atoms. The molecule has 0 heterocycles. The number of carbonyl (C=O) groups is 2. The monoisotopic (exact) mass is 366 g/mol. The Balaban J connectivity index is 2.21. The molecule has 2 aromatic carbocycles. The second-order valence-electron chi connectivity index (χ2n) is 7.06. The molecule has 0 aliphatic carbocycles. The second-order valence-corrected chi connectivity index (χ2v) is 7.06. The third-order valence-electron chi connectivity index (χ3n) is 4.78. The maximum atomic E-state index is 12.6. The first-order valence-electron chi connectivity index (χ1n) is 9.66. The number of hydrogen-bond acceptors (Lipinski definition) is 2. The minimum atomic E-state index is -0.199. The van der Waals surface area contributed by atoms with Gasteiger partial charge in [-0.3, -0.25) is 9.59 Å². The van der Waals surface area contributed by atoms with Crippen molar-refractivity contribution in [1.82, 2.24) is 0 Å². The normalized spacial score (nSPS) is 10.7. The zero-order valence-corrected chi connectivity index (χ0v) is 17.0. The Morgan fingerprint density at radius 2 is 1.52 bits per heavy atom. The van der Waals surface area contributed by atoms with Crippen molar-refractivity contribution in [3.63, 3.8) is 0 Å². The van der Waals surface area contributed by atoms with E-state index in [1.807, 2.05) is 42.5 Å². The molecular weight excluding hydrogens is 336 g/mol. The van der Waals surface area contributed by atoms with Gasteiger partial charge < -0.3 is 10.2 Å². The summed E-state index contributed by atoms with van der Waals surface area (Å²) in [5.41, 5.74) is 5.01. The van der Waals surface area contributed by atoms with Gasteiger partial charge in [-0.1, -0.05) is 58.0 Å². The molecule has 0 atom stereocenters. The van der Waals surface area contributed by atoms with Gasteiger partial charge in [-0.15, -0.1) is 0 Å². The molecule has 1 N–H and O–H groups in total. The van der Waals surface area contributed by atoms with E-state index < -0.39 is 0 Å². The van der Waals surface area contributed by atoms with Crippen molar-refractivity contribution in [2.75, 3.05) is 16.8 Å². The van der Waals surface area contributed by atoms with Gasteiger partial charge in [0, 0.05) is 12.6 Å². The van der Waals surface area contributed by atoms with Crippen molar-refractivity contribution in [1.29, 1.82) is 0 Å². The fourth-order valence-electron chi connectivity index (χ4n) is 3.21. The lowest BCUT2D eigenvalue weighted by molar-refractivity contribution is -0.120. The highest BCUT2D eigenvalue weighted by Crippen LogP contribution is 2.27. The first-order chi connectivity index (χ1) is 12.9. The minimum Gasteiger partial charge on any atom is -0.325 e. The standard InChI is InChI=1S/C23H30N2O2/c1-6-18-9-8-10-19(7-2)23(18)25(17(5)26)15-22(27)24-21-13-11-20(12-14-21)16(3)4/h8-14,16H,6-7,15H2,1-5H3,(H,24,27). The van der Waals surface area contributed by atoms with E-state index in [0.717, 1.165) is 35.3 Å². The second kappa shape index (κ2) is 9.36. The number of para-hydroxylation sites is 1. The molecule has 0 fully saturated rings. The zero-order chi connectivity index (χ0) is 20.0. The molecule has 144 valence electrons. The van der Waals surface area contributed by atoms with E-state index in [-0.39, 0.29) is 18.4 Å². The van der Waals surface area contributed by atoms with Crippen LogP contribution in [0.1, 0.15) is 57.2 Å². The Kier molecular flexibility index (Phi) is 7.17.